The quantitative estimate of drug-likeness (QED) is 0.200. The summed E-state index contributed by atoms with van der Waals surface area (Å²) in [5.41, 5.74) is 0.490. The third kappa shape index (κ3) is 6.84. The number of carbonyl (C=O) groups is 3. The number of nitrogens with zero attached hydrogens (tertiary/aromatic N) is 2. The Bertz CT molecular complexity index is 740. The molecule has 152 valence electrons. The lowest BCUT2D eigenvalue weighted by atomic mass is 10.2. The first-order valence-electron chi connectivity index (χ1n) is 8.87. The molecule has 0 saturated carbocycles. The molecule has 0 N–H and O–H groups in total. The second kappa shape index (κ2) is 10.6. The number of thioether (sulfide) groups is 1. The van der Waals surface area contributed by atoms with Crippen molar-refractivity contribution in [3.05, 3.63) is 39.9 Å². The molecule has 0 unspecified atom stereocenters. The molecule has 0 bridgehead atoms. The Hall–Kier alpha value is -2.62. The number of rotatable bonds is 9. The standard InChI is InChI=1S/C18H22N2O7S/c1-13(21)28-10-4-8-17(22)19-9-3-7-16(19)18(23)27-15-6-2-5-14(11-15)12-26-20(24)25/h2,5-6,11,16H,3-4,7-10,12H2,1H3/t16-/m0/s1. The molecule has 1 saturated heterocycles. The SMILES string of the molecule is CC(=O)SCCCC(=O)N1CCC[C@H]1C(=O)Oc1cccc(CO[N+](=O)[O-])c1. The monoisotopic (exact) mass is 410 g/mol. The number of likely N-dealkylation sites (tertiary alicyclic amines) is 1. The first-order valence-corrected chi connectivity index (χ1v) is 9.86. The van der Waals surface area contributed by atoms with E-state index in [-0.39, 0.29) is 29.8 Å². The highest BCUT2D eigenvalue weighted by molar-refractivity contribution is 8.13. The molecular weight excluding hydrogens is 388 g/mol. The first-order chi connectivity index (χ1) is 13.4. The second-order valence-electron chi connectivity index (χ2n) is 6.25. The van der Waals surface area contributed by atoms with E-state index in [0.29, 0.717) is 37.1 Å². The molecular formula is C18H22N2O7S. The normalized spacial score (nSPS) is 15.9. The minimum Gasteiger partial charge on any atom is -0.425 e. The molecule has 28 heavy (non-hydrogen) atoms. The fourth-order valence-corrected chi connectivity index (χ4v) is 3.48. The molecule has 2 rings (SSSR count). The number of esters is 1. The highest BCUT2D eigenvalue weighted by Crippen LogP contribution is 2.22. The maximum absolute atomic E-state index is 12.5. The van der Waals surface area contributed by atoms with E-state index >= 15 is 0 Å². The summed E-state index contributed by atoms with van der Waals surface area (Å²) >= 11 is 1.18. The Morgan fingerprint density at radius 3 is 2.86 bits per heavy atom. The average molecular weight is 410 g/mol. The molecule has 1 atom stereocenters. The van der Waals surface area contributed by atoms with E-state index < -0.39 is 17.1 Å². The van der Waals surface area contributed by atoms with Crippen molar-refractivity contribution in [2.45, 2.75) is 45.3 Å². The zero-order valence-electron chi connectivity index (χ0n) is 15.5. The van der Waals surface area contributed by atoms with Gasteiger partial charge in [-0.3, -0.25) is 9.59 Å². The molecule has 0 radical (unpaired) electrons. The Kier molecular flexibility index (Phi) is 8.24. The highest BCUT2D eigenvalue weighted by atomic mass is 32.2. The molecule has 9 nitrogen and oxygen atoms in total. The Labute approximate surface area is 166 Å². The fourth-order valence-electron chi connectivity index (χ4n) is 2.90. The maximum atomic E-state index is 12.5. The van der Waals surface area contributed by atoms with Crippen molar-refractivity contribution in [3.8, 4) is 5.75 Å². The minimum atomic E-state index is -0.893. The molecule has 1 fully saturated rings. The van der Waals surface area contributed by atoms with Crippen LogP contribution in [0, 0.1) is 10.1 Å². The van der Waals surface area contributed by atoms with Crippen molar-refractivity contribution in [1.82, 2.24) is 4.90 Å². The zero-order valence-corrected chi connectivity index (χ0v) is 16.3. The molecule has 0 aliphatic carbocycles. The number of hydrogen-bond donors (Lipinski definition) is 0. The van der Waals surface area contributed by atoms with Gasteiger partial charge in [0.15, 0.2) is 5.12 Å². The van der Waals surface area contributed by atoms with Crippen LogP contribution in [0.2, 0.25) is 0 Å². The molecule has 1 aromatic rings. The molecule has 1 aliphatic heterocycles. The third-order valence-corrected chi connectivity index (χ3v) is 5.04. The molecule has 0 aromatic heterocycles. The predicted molar refractivity (Wildman–Crippen MR) is 101 cm³/mol. The summed E-state index contributed by atoms with van der Waals surface area (Å²) in [6.07, 6.45) is 2.08. The number of ether oxygens (including phenoxy) is 1. The van der Waals surface area contributed by atoms with Crippen LogP contribution < -0.4 is 4.74 Å². The molecule has 1 aromatic carbocycles. The predicted octanol–water partition coefficient (Wildman–Crippen LogP) is 2.35. The van der Waals surface area contributed by atoms with Gasteiger partial charge >= 0.3 is 5.97 Å². The fraction of sp³-hybridized carbons (Fsp3) is 0.500. The van der Waals surface area contributed by atoms with Crippen molar-refractivity contribution < 1.29 is 29.0 Å². The van der Waals surface area contributed by atoms with Crippen molar-refractivity contribution >= 4 is 28.8 Å². The number of benzene rings is 1. The largest absolute Gasteiger partial charge is 0.425 e. The minimum absolute atomic E-state index is 0.0147. The number of hydrogen-bond acceptors (Lipinski definition) is 8. The van der Waals surface area contributed by atoms with Crippen molar-refractivity contribution in [2.75, 3.05) is 12.3 Å². The average Bonchev–Trinajstić information content (AvgIpc) is 3.13. The van der Waals surface area contributed by atoms with Crippen LogP contribution in [0.4, 0.5) is 0 Å². The summed E-state index contributed by atoms with van der Waals surface area (Å²) in [6, 6.07) is 5.62. The topological polar surface area (TPSA) is 116 Å². The summed E-state index contributed by atoms with van der Waals surface area (Å²) in [5, 5.41) is 9.40. The van der Waals surface area contributed by atoms with E-state index in [4.69, 9.17) is 4.74 Å². The van der Waals surface area contributed by atoms with E-state index in [1.165, 1.54) is 29.7 Å². The maximum Gasteiger partial charge on any atom is 0.334 e. The Morgan fingerprint density at radius 1 is 1.36 bits per heavy atom. The van der Waals surface area contributed by atoms with Gasteiger partial charge in [0.05, 0.1) is 0 Å². The van der Waals surface area contributed by atoms with Gasteiger partial charge in [0.1, 0.15) is 18.4 Å². The van der Waals surface area contributed by atoms with Gasteiger partial charge in [-0.05, 0) is 37.0 Å². The van der Waals surface area contributed by atoms with Crippen LogP contribution in [0.5, 0.6) is 5.75 Å². The summed E-state index contributed by atoms with van der Waals surface area (Å²) in [6.45, 7) is 1.73. The number of amides is 1. The van der Waals surface area contributed by atoms with Gasteiger partial charge in [0, 0.05) is 25.6 Å². The lowest BCUT2D eigenvalue weighted by Gasteiger charge is -2.23. The van der Waals surface area contributed by atoms with Gasteiger partial charge in [0.2, 0.25) is 5.91 Å². The van der Waals surface area contributed by atoms with E-state index in [1.807, 2.05) is 0 Å². The van der Waals surface area contributed by atoms with Crippen LogP contribution in [0.15, 0.2) is 24.3 Å². The van der Waals surface area contributed by atoms with Crippen molar-refractivity contribution in [2.24, 2.45) is 0 Å². The lowest BCUT2D eigenvalue weighted by Crippen LogP contribution is -2.42. The van der Waals surface area contributed by atoms with Crippen LogP contribution in [0.3, 0.4) is 0 Å². The van der Waals surface area contributed by atoms with Crippen LogP contribution >= 0.6 is 11.8 Å². The van der Waals surface area contributed by atoms with Gasteiger partial charge in [-0.1, -0.05) is 23.9 Å². The van der Waals surface area contributed by atoms with Crippen molar-refractivity contribution in [1.29, 1.82) is 0 Å². The molecule has 0 spiro atoms. The summed E-state index contributed by atoms with van der Waals surface area (Å²) in [7, 11) is 0. The summed E-state index contributed by atoms with van der Waals surface area (Å²) in [4.78, 5) is 52.0. The Morgan fingerprint density at radius 2 is 2.14 bits per heavy atom. The van der Waals surface area contributed by atoms with Gasteiger partial charge in [-0.25, -0.2) is 4.79 Å². The zero-order chi connectivity index (χ0) is 20.5. The summed E-state index contributed by atoms with van der Waals surface area (Å²) < 4.78 is 5.38. The van der Waals surface area contributed by atoms with Crippen molar-refractivity contribution in [3.63, 3.8) is 0 Å². The molecule has 1 amide bonds. The second-order valence-corrected chi connectivity index (χ2v) is 7.53. The third-order valence-electron chi connectivity index (χ3n) is 4.14. The van der Waals surface area contributed by atoms with E-state index in [0.717, 1.165) is 0 Å². The van der Waals surface area contributed by atoms with E-state index in [1.54, 1.807) is 18.2 Å². The smallest absolute Gasteiger partial charge is 0.334 e. The van der Waals surface area contributed by atoms with Gasteiger partial charge in [0.25, 0.3) is 5.09 Å². The lowest BCUT2D eigenvalue weighted by molar-refractivity contribution is -0.763. The van der Waals surface area contributed by atoms with Crippen LogP contribution in [-0.4, -0.2) is 45.3 Å². The highest BCUT2D eigenvalue weighted by Gasteiger charge is 2.35. The van der Waals surface area contributed by atoms with Gasteiger partial charge in [-0.2, -0.15) is 0 Å². The van der Waals surface area contributed by atoms with Gasteiger partial charge < -0.3 is 14.5 Å². The molecule has 10 heteroatoms. The van der Waals surface area contributed by atoms with Crippen LogP contribution in [0.25, 0.3) is 0 Å². The first kappa shape index (κ1) is 21.7. The van der Waals surface area contributed by atoms with E-state index in [9.17, 15) is 24.5 Å². The van der Waals surface area contributed by atoms with E-state index in [2.05, 4.69) is 4.84 Å². The molecule has 1 heterocycles. The van der Waals surface area contributed by atoms with Gasteiger partial charge in [-0.15, -0.1) is 10.1 Å². The Balaban J connectivity index is 1.90. The van der Waals surface area contributed by atoms with Crippen LogP contribution in [-0.2, 0) is 25.8 Å². The summed E-state index contributed by atoms with van der Waals surface area (Å²) in [5.74, 6) is 0.155. The molecule has 1 aliphatic rings. The number of carbonyl (C=O) groups excluding carboxylic acids is 3. The van der Waals surface area contributed by atoms with Crippen LogP contribution in [0.1, 0.15) is 38.2 Å².